The zero-order valence-corrected chi connectivity index (χ0v) is 16.7. The Bertz CT molecular complexity index is 268. The lowest BCUT2D eigenvalue weighted by Gasteiger charge is -2.15. The molecule has 0 saturated carbocycles. The summed E-state index contributed by atoms with van der Waals surface area (Å²) in [6.45, 7) is 10.5. The van der Waals surface area contributed by atoms with Crippen molar-refractivity contribution < 1.29 is 14.2 Å². The van der Waals surface area contributed by atoms with Crippen molar-refractivity contribution in [3.63, 3.8) is 0 Å². The molecule has 0 fully saturated rings. The Balaban J connectivity index is 3.16. The lowest BCUT2D eigenvalue weighted by atomic mass is 10.0. The lowest BCUT2D eigenvalue weighted by molar-refractivity contribution is -0.108. The maximum atomic E-state index is 5.56. The van der Waals surface area contributed by atoms with Crippen LogP contribution in [0.3, 0.4) is 0 Å². The zero-order chi connectivity index (χ0) is 18.4. The highest BCUT2D eigenvalue weighted by Gasteiger charge is 2.06. The minimum Gasteiger partial charge on any atom is -0.461 e. The third-order valence-electron chi connectivity index (χ3n) is 4.39. The molecule has 0 atom stereocenters. The van der Waals surface area contributed by atoms with Gasteiger partial charge in [0.05, 0.1) is 12.5 Å². The van der Waals surface area contributed by atoms with Gasteiger partial charge in [0.25, 0.3) is 6.29 Å². The van der Waals surface area contributed by atoms with Crippen LogP contribution < -0.4 is 0 Å². The van der Waals surface area contributed by atoms with Crippen molar-refractivity contribution in [2.24, 2.45) is 0 Å². The summed E-state index contributed by atoms with van der Waals surface area (Å²) >= 11 is 0. The van der Waals surface area contributed by atoms with Gasteiger partial charge in [0, 0.05) is 6.61 Å². The van der Waals surface area contributed by atoms with Crippen LogP contribution in [0.4, 0.5) is 0 Å². The fraction of sp³-hybridized carbons (Fsp3) is 0.818. The summed E-state index contributed by atoms with van der Waals surface area (Å²) in [6, 6.07) is 0. The van der Waals surface area contributed by atoms with E-state index in [4.69, 9.17) is 14.2 Å². The van der Waals surface area contributed by atoms with E-state index in [0.29, 0.717) is 6.61 Å². The zero-order valence-electron chi connectivity index (χ0n) is 16.7. The van der Waals surface area contributed by atoms with Crippen molar-refractivity contribution >= 4 is 0 Å². The number of hydrogen-bond donors (Lipinski definition) is 0. The van der Waals surface area contributed by atoms with Crippen LogP contribution in [0.25, 0.3) is 0 Å². The van der Waals surface area contributed by atoms with Gasteiger partial charge in [-0.25, -0.2) is 0 Å². The average Bonchev–Trinajstić information content (AvgIpc) is 2.61. The highest BCUT2D eigenvalue weighted by molar-refractivity contribution is 4.58. The van der Waals surface area contributed by atoms with E-state index in [1.807, 2.05) is 0 Å². The normalized spacial score (nSPS) is 10.8. The summed E-state index contributed by atoms with van der Waals surface area (Å²) in [5, 5.41) is 0. The molecule has 0 unspecified atom stereocenters. The number of hydrogen-bond acceptors (Lipinski definition) is 3. The maximum Gasteiger partial charge on any atom is 0.262 e. The Labute approximate surface area is 156 Å². The predicted octanol–water partition coefficient (Wildman–Crippen LogP) is 7.13. The van der Waals surface area contributed by atoms with Crippen LogP contribution in [0.1, 0.15) is 96.8 Å². The number of unbranched alkanes of at least 4 members (excludes halogenated alkanes) is 13. The summed E-state index contributed by atoms with van der Waals surface area (Å²) in [7, 11) is 0. The molecule has 0 radical (unpaired) electrons. The second-order valence-electron chi connectivity index (χ2n) is 6.71. The van der Waals surface area contributed by atoms with E-state index in [9.17, 15) is 0 Å². The molecule has 3 nitrogen and oxygen atoms in total. The Kier molecular flexibility index (Phi) is 20.3. The van der Waals surface area contributed by atoms with E-state index >= 15 is 0 Å². The molecule has 0 spiro atoms. The van der Waals surface area contributed by atoms with Crippen molar-refractivity contribution in [3.05, 3.63) is 25.7 Å². The molecule has 25 heavy (non-hydrogen) atoms. The molecule has 0 amide bonds. The quantitative estimate of drug-likeness (QED) is 0.125. The van der Waals surface area contributed by atoms with Crippen LogP contribution in [0.5, 0.6) is 0 Å². The molecular weight excluding hydrogens is 312 g/mol. The molecule has 0 aliphatic rings. The van der Waals surface area contributed by atoms with Crippen LogP contribution in [0.2, 0.25) is 0 Å². The molecule has 0 N–H and O–H groups in total. The molecule has 0 aliphatic heterocycles. The number of rotatable bonds is 21. The van der Waals surface area contributed by atoms with Crippen molar-refractivity contribution in [2.75, 3.05) is 13.2 Å². The molecular formula is C22H42O3. The molecule has 0 aromatic heterocycles. The summed E-state index contributed by atoms with van der Waals surface area (Å²) in [4.78, 5) is 0. The molecule has 0 bridgehead atoms. The van der Waals surface area contributed by atoms with Gasteiger partial charge in [0.15, 0.2) is 0 Å². The Morgan fingerprint density at radius 3 is 1.44 bits per heavy atom. The monoisotopic (exact) mass is 354 g/mol. The first-order valence-corrected chi connectivity index (χ1v) is 10.5. The van der Waals surface area contributed by atoms with Crippen molar-refractivity contribution in [1.29, 1.82) is 0 Å². The summed E-state index contributed by atoms with van der Waals surface area (Å²) in [5.41, 5.74) is 0. The Morgan fingerprint density at radius 2 is 1.04 bits per heavy atom. The lowest BCUT2D eigenvalue weighted by Crippen LogP contribution is -2.19. The van der Waals surface area contributed by atoms with Crippen molar-refractivity contribution in [2.45, 2.75) is 103 Å². The van der Waals surface area contributed by atoms with Gasteiger partial charge in [-0.1, -0.05) is 104 Å². The van der Waals surface area contributed by atoms with Gasteiger partial charge < -0.3 is 14.2 Å². The fourth-order valence-corrected chi connectivity index (χ4v) is 2.90. The van der Waals surface area contributed by atoms with E-state index < -0.39 is 6.29 Å². The van der Waals surface area contributed by atoms with Crippen LogP contribution in [0.15, 0.2) is 25.7 Å². The second kappa shape index (κ2) is 21.1. The number of ether oxygens (including phenoxy) is 3. The molecule has 0 rings (SSSR count). The Morgan fingerprint density at radius 1 is 0.640 bits per heavy atom. The fourth-order valence-electron chi connectivity index (χ4n) is 2.90. The van der Waals surface area contributed by atoms with Crippen LogP contribution in [-0.2, 0) is 14.2 Å². The van der Waals surface area contributed by atoms with E-state index in [1.54, 1.807) is 0 Å². The van der Waals surface area contributed by atoms with Gasteiger partial charge in [0.1, 0.15) is 6.61 Å². The first kappa shape index (κ1) is 24.0. The van der Waals surface area contributed by atoms with Crippen molar-refractivity contribution in [3.8, 4) is 0 Å². The molecule has 0 aromatic carbocycles. The van der Waals surface area contributed by atoms with Crippen LogP contribution >= 0.6 is 0 Å². The van der Waals surface area contributed by atoms with Gasteiger partial charge in [-0.2, -0.15) is 0 Å². The second-order valence-corrected chi connectivity index (χ2v) is 6.71. The first-order chi connectivity index (χ1) is 12.3. The topological polar surface area (TPSA) is 27.7 Å². The van der Waals surface area contributed by atoms with E-state index in [-0.39, 0.29) is 0 Å². The van der Waals surface area contributed by atoms with Gasteiger partial charge in [-0.15, -0.1) is 0 Å². The molecule has 0 aromatic rings. The van der Waals surface area contributed by atoms with Crippen LogP contribution in [0, 0.1) is 0 Å². The summed E-state index contributed by atoms with van der Waals surface area (Å²) in [5.74, 6) is 0. The van der Waals surface area contributed by atoms with Gasteiger partial charge >= 0.3 is 0 Å². The van der Waals surface area contributed by atoms with Gasteiger partial charge in [0.2, 0.25) is 0 Å². The molecule has 0 saturated heterocycles. The Hall–Kier alpha value is -0.960. The molecule has 0 aliphatic carbocycles. The first-order valence-electron chi connectivity index (χ1n) is 10.5. The highest BCUT2D eigenvalue weighted by Crippen LogP contribution is 2.13. The van der Waals surface area contributed by atoms with E-state index in [1.165, 1.54) is 96.0 Å². The third-order valence-corrected chi connectivity index (χ3v) is 4.39. The largest absolute Gasteiger partial charge is 0.461 e. The summed E-state index contributed by atoms with van der Waals surface area (Å²) in [6.07, 6.45) is 21.5. The third kappa shape index (κ3) is 19.2. The van der Waals surface area contributed by atoms with Crippen LogP contribution in [-0.4, -0.2) is 19.5 Å². The maximum absolute atomic E-state index is 5.56. The van der Waals surface area contributed by atoms with Gasteiger partial charge in [-0.3, -0.25) is 0 Å². The highest BCUT2D eigenvalue weighted by atomic mass is 16.7. The molecule has 148 valence electrons. The minimum atomic E-state index is -0.429. The standard InChI is InChI=1S/C22H42O3/c1-4-7-8-9-10-11-12-13-14-15-16-17-18-19-20-23-21-22(24-5-2)25-6-3/h5-6,22H,2-4,7-21H2,1H3. The van der Waals surface area contributed by atoms with E-state index in [0.717, 1.165) is 13.0 Å². The van der Waals surface area contributed by atoms with E-state index in [2.05, 4.69) is 20.1 Å². The predicted molar refractivity (Wildman–Crippen MR) is 107 cm³/mol. The average molecular weight is 355 g/mol. The SMILES string of the molecule is C=COC(COCCCCCCCCCCCCCCCC)OC=C. The summed E-state index contributed by atoms with van der Waals surface area (Å²) < 4.78 is 15.9. The molecule has 3 heteroatoms. The minimum absolute atomic E-state index is 0.413. The van der Waals surface area contributed by atoms with Gasteiger partial charge in [-0.05, 0) is 6.42 Å². The molecule has 0 heterocycles. The smallest absolute Gasteiger partial charge is 0.262 e. The van der Waals surface area contributed by atoms with Crippen molar-refractivity contribution in [1.82, 2.24) is 0 Å².